The van der Waals surface area contributed by atoms with E-state index >= 15 is 0 Å². The van der Waals surface area contributed by atoms with Crippen molar-refractivity contribution < 1.29 is 9.53 Å². The van der Waals surface area contributed by atoms with E-state index in [0.29, 0.717) is 17.4 Å². The molecule has 1 aliphatic rings. The zero-order valence-corrected chi connectivity index (χ0v) is 14.2. The second-order valence-electron chi connectivity index (χ2n) is 5.86. The lowest BCUT2D eigenvalue weighted by molar-refractivity contribution is 0.0910. The van der Waals surface area contributed by atoms with E-state index in [2.05, 4.69) is 10.1 Å². The highest BCUT2D eigenvalue weighted by molar-refractivity contribution is 7.22. The van der Waals surface area contributed by atoms with E-state index in [9.17, 15) is 4.79 Å². The summed E-state index contributed by atoms with van der Waals surface area (Å²) in [4.78, 5) is 19.5. The molecule has 3 heterocycles. The third kappa shape index (κ3) is 2.81. The first-order valence-electron chi connectivity index (χ1n) is 7.99. The van der Waals surface area contributed by atoms with Gasteiger partial charge in [-0.1, -0.05) is 23.5 Å². The monoisotopic (exact) mass is 342 g/mol. The van der Waals surface area contributed by atoms with Crippen LogP contribution in [0.1, 0.15) is 23.3 Å². The molecule has 2 aromatic heterocycles. The van der Waals surface area contributed by atoms with Gasteiger partial charge < -0.3 is 4.74 Å². The third-order valence-electron chi connectivity index (χ3n) is 4.21. The summed E-state index contributed by atoms with van der Waals surface area (Å²) in [7, 11) is 1.77. The number of fused-ring (bicyclic) bond motifs is 1. The van der Waals surface area contributed by atoms with Crippen molar-refractivity contribution in [3.05, 3.63) is 42.2 Å². The topological polar surface area (TPSA) is 60.2 Å². The summed E-state index contributed by atoms with van der Waals surface area (Å²) in [5, 5.41) is 4.82. The molecule has 6 nitrogen and oxygen atoms in total. The zero-order valence-electron chi connectivity index (χ0n) is 13.4. The van der Waals surface area contributed by atoms with E-state index in [-0.39, 0.29) is 12.0 Å². The molecule has 24 heavy (non-hydrogen) atoms. The number of carbonyl (C=O) groups excluding carboxylic acids is 1. The average Bonchev–Trinajstić information content (AvgIpc) is 3.32. The first-order chi connectivity index (χ1) is 11.7. The van der Waals surface area contributed by atoms with Gasteiger partial charge in [-0.2, -0.15) is 5.10 Å². The standard InChI is InChI=1S/C17H18N4O2S/c1-20-14(8-9-18-20)16(22)21(11-12-5-4-10-23-12)17-19-13-6-2-3-7-15(13)24-17/h2-3,6-9,12H,4-5,10-11H2,1H3/t12-/m0/s1. The molecular weight excluding hydrogens is 324 g/mol. The van der Waals surface area contributed by atoms with E-state index < -0.39 is 0 Å². The van der Waals surface area contributed by atoms with Crippen molar-refractivity contribution in [2.24, 2.45) is 7.05 Å². The lowest BCUT2D eigenvalue weighted by Crippen LogP contribution is -2.38. The van der Waals surface area contributed by atoms with Gasteiger partial charge in [-0.05, 0) is 31.0 Å². The molecule has 1 fully saturated rings. The van der Waals surface area contributed by atoms with Gasteiger partial charge in [0.05, 0.1) is 22.9 Å². The van der Waals surface area contributed by atoms with Gasteiger partial charge >= 0.3 is 0 Å². The second kappa shape index (κ2) is 6.33. The van der Waals surface area contributed by atoms with Crippen LogP contribution in [0.2, 0.25) is 0 Å². The number of hydrogen-bond donors (Lipinski definition) is 0. The lowest BCUT2D eigenvalue weighted by Gasteiger charge is -2.22. The molecule has 0 spiro atoms. The summed E-state index contributed by atoms with van der Waals surface area (Å²) in [6.07, 6.45) is 3.71. The third-order valence-corrected chi connectivity index (χ3v) is 5.27. The Hall–Kier alpha value is -2.25. The summed E-state index contributed by atoms with van der Waals surface area (Å²) in [5.74, 6) is -0.0930. The predicted molar refractivity (Wildman–Crippen MR) is 93.5 cm³/mol. The van der Waals surface area contributed by atoms with Crippen LogP contribution in [0.4, 0.5) is 5.13 Å². The molecule has 124 valence electrons. The van der Waals surface area contributed by atoms with Crippen LogP contribution in [0, 0.1) is 0 Å². The minimum Gasteiger partial charge on any atom is -0.376 e. The number of rotatable bonds is 4. The Bertz CT molecular complexity index is 833. The molecule has 0 N–H and O–H groups in total. The molecule has 7 heteroatoms. The number of thiazole rings is 1. The minimum absolute atomic E-state index is 0.0641. The maximum absolute atomic E-state index is 13.1. The number of nitrogens with zero attached hydrogens (tertiary/aromatic N) is 4. The lowest BCUT2D eigenvalue weighted by atomic mass is 10.2. The zero-order chi connectivity index (χ0) is 16.5. The van der Waals surface area contributed by atoms with Crippen LogP contribution < -0.4 is 4.90 Å². The molecule has 1 aliphatic heterocycles. The molecule has 1 atom stereocenters. The molecule has 0 bridgehead atoms. The van der Waals surface area contributed by atoms with Gasteiger partial charge in [0, 0.05) is 19.9 Å². The van der Waals surface area contributed by atoms with Gasteiger partial charge in [0.25, 0.3) is 5.91 Å². The van der Waals surface area contributed by atoms with Crippen molar-refractivity contribution in [3.8, 4) is 0 Å². The van der Waals surface area contributed by atoms with E-state index in [4.69, 9.17) is 4.74 Å². The maximum Gasteiger partial charge on any atom is 0.278 e. The first kappa shape index (κ1) is 15.3. The predicted octanol–water partition coefficient (Wildman–Crippen LogP) is 2.86. The summed E-state index contributed by atoms with van der Waals surface area (Å²) in [6.45, 7) is 1.28. The van der Waals surface area contributed by atoms with E-state index in [1.54, 1.807) is 28.9 Å². The van der Waals surface area contributed by atoms with Crippen LogP contribution in [0.5, 0.6) is 0 Å². The first-order valence-corrected chi connectivity index (χ1v) is 8.81. The van der Waals surface area contributed by atoms with Gasteiger partial charge in [0.15, 0.2) is 5.13 Å². The fraction of sp³-hybridized carbons (Fsp3) is 0.353. The molecule has 1 amide bonds. The van der Waals surface area contributed by atoms with Crippen LogP contribution in [-0.4, -0.2) is 39.9 Å². The summed E-state index contributed by atoms with van der Waals surface area (Å²) < 4.78 is 8.40. The Morgan fingerprint density at radius 1 is 1.42 bits per heavy atom. The minimum atomic E-state index is -0.0930. The Balaban J connectivity index is 1.71. The van der Waals surface area contributed by atoms with E-state index in [0.717, 1.165) is 29.7 Å². The molecule has 1 saturated heterocycles. The highest BCUT2D eigenvalue weighted by Gasteiger charge is 2.28. The smallest absolute Gasteiger partial charge is 0.278 e. The highest BCUT2D eigenvalue weighted by Crippen LogP contribution is 2.30. The fourth-order valence-electron chi connectivity index (χ4n) is 2.94. The van der Waals surface area contributed by atoms with Gasteiger partial charge in [-0.25, -0.2) is 4.98 Å². The van der Waals surface area contributed by atoms with Crippen molar-refractivity contribution in [1.29, 1.82) is 0 Å². The number of anilines is 1. The fourth-order valence-corrected chi connectivity index (χ4v) is 3.91. The molecule has 0 saturated carbocycles. The van der Waals surface area contributed by atoms with Crippen molar-refractivity contribution >= 4 is 32.6 Å². The summed E-state index contributed by atoms with van der Waals surface area (Å²) in [5.41, 5.74) is 1.46. The number of aryl methyl sites for hydroxylation is 1. The highest BCUT2D eigenvalue weighted by atomic mass is 32.1. The Labute approximate surface area is 143 Å². The molecular formula is C17H18N4O2S. The Kier molecular flexibility index (Phi) is 4.03. The molecule has 0 unspecified atom stereocenters. The average molecular weight is 342 g/mol. The second-order valence-corrected chi connectivity index (χ2v) is 6.86. The van der Waals surface area contributed by atoms with E-state index in [1.165, 1.54) is 11.3 Å². The van der Waals surface area contributed by atoms with Gasteiger partial charge in [0.1, 0.15) is 5.69 Å². The number of hydrogen-bond acceptors (Lipinski definition) is 5. The van der Waals surface area contributed by atoms with Crippen molar-refractivity contribution in [2.75, 3.05) is 18.1 Å². The normalized spacial score (nSPS) is 17.5. The molecule has 3 aromatic rings. The number of amides is 1. The van der Waals surface area contributed by atoms with Crippen LogP contribution in [0.15, 0.2) is 36.5 Å². The summed E-state index contributed by atoms with van der Waals surface area (Å²) >= 11 is 1.53. The summed E-state index contributed by atoms with van der Waals surface area (Å²) in [6, 6.07) is 9.67. The number of benzene rings is 1. The SMILES string of the molecule is Cn1nccc1C(=O)N(C[C@@H]1CCCO1)c1nc2ccccc2s1. The molecule has 4 rings (SSSR count). The van der Waals surface area contributed by atoms with Crippen LogP contribution in [-0.2, 0) is 11.8 Å². The number of para-hydroxylation sites is 1. The van der Waals surface area contributed by atoms with E-state index in [1.807, 2.05) is 24.3 Å². The van der Waals surface area contributed by atoms with Crippen LogP contribution >= 0.6 is 11.3 Å². The van der Waals surface area contributed by atoms with Gasteiger partial charge in [-0.3, -0.25) is 14.4 Å². The molecule has 0 aliphatic carbocycles. The number of carbonyl (C=O) groups is 1. The van der Waals surface area contributed by atoms with Crippen LogP contribution in [0.25, 0.3) is 10.2 Å². The molecule has 1 aromatic carbocycles. The Morgan fingerprint density at radius 2 is 2.29 bits per heavy atom. The quantitative estimate of drug-likeness (QED) is 0.731. The number of ether oxygens (including phenoxy) is 1. The molecule has 0 radical (unpaired) electrons. The van der Waals surface area contributed by atoms with Gasteiger partial charge in [-0.15, -0.1) is 0 Å². The maximum atomic E-state index is 13.1. The van der Waals surface area contributed by atoms with Crippen molar-refractivity contribution in [3.63, 3.8) is 0 Å². The van der Waals surface area contributed by atoms with Gasteiger partial charge in [0.2, 0.25) is 0 Å². The van der Waals surface area contributed by atoms with Crippen molar-refractivity contribution in [1.82, 2.24) is 14.8 Å². The van der Waals surface area contributed by atoms with Crippen LogP contribution in [0.3, 0.4) is 0 Å². The number of aromatic nitrogens is 3. The largest absolute Gasteiger partial charge is 0.376 e. The van der Waals surface area contributed by atoms with Crippen molar-refractivity contribution in [2.45, 2.75) is 18.9 Å². The Morgan fingerprint density at radius 3 is 3.00 bits per heavy atom.